The molecule has 2 aliphatic rings. The van der Waals surface area contributed by atoms with Crippen LogP contribution in [-0.2, 0) is 12.0 Å². The molecule has 5 heterocycles. The molecule has 1 spiro atoms. The van der Waals surface area contributed by atoms with Crippen LogP contribution in [0.25, 0.3) is 28.1 Å². The van der Waals surface area contributed by atoms with Crippen LogP contribution in [0.5, 0.6) is 0 Å². The first-order valence-electron chi connectivity index (χ1n) is 12.2. The summed E-state index contributed by atoms with van der Waals surface area (Å²) in [7, 11) is 0. The molecule has 196 valence electrons. The number of pyridine rings is 2. The van der Waals surface area contributed by atoms with Crippen molar-refractivity contribution in [1.82, 2.24) is 39.7 Å². The molecule has 0 bridgehead atoms. The van der Waals surface area contributed by atoms with Crippen molar-refractivity contribution in [1.29, 1.82) is 0 Å². The van der Waals surface area contributed by atoms with Gasteiger partial charge in [-0.2, -0.15) is 4.68 Å². The van der Waals surface area contributed by atoms with Crippen LogP contribution in [0.1, 0.15) is 42.5 Å². The van der Waals surface area contributed by atoms with Crippen molar-refractivity contribution < 1.29 is 13.9 Å². The lowest BCUT2D eigenvalue weighted by molar-refractivity contribution is 0.270. The fourth-order valence-corrected chi connectivity index (χ4v) is 5.73. The zero-order chi connectivity index (χ0) is 26.9. The molecule has 1 aliphatic heterocycles. The van der Waals surface area contributed by atoms with Crippen molar-refractivity contribution in [2.75, 3.05) is 0 Å². The summed E-state index contributed by atoms with van der Waals surface area (Å²) in [5.41, 5.74) is 1.63. The molecule has 0 saturated heterocycles. The third-order valence-corrected chi connectivity index (χ3v) is 7.92. The Labute approximate surface area is 223 Å². The number of nitrogens with zero attached hydrogens (tertiary/aromatic N) is 7. The molecule has 1 fully saturated rings. The molecule has 0 amide bonds. The fraction of sp³-hybridized carbons (Fsp3) is 0.231. The number of H-pyrrole nitrogens is 1. The minimum atomic E-state index is -0.675. The highest BCUT2D eigenvalue weighted by molar-refractivity contribution is 6.31. The first kappa shape index (κ1) is 23.8. The minimum Gasteiger partial charge on any atom is -0.390 e. The SMILES string of the molecule is O=c1cc(-c2c(-n3cnnn3)ccc(Cl)c2F)cc2n1C(c1ncc(-c3ccnc(CO)c3F)[nH]1)CC21CC1. The van der Waals surface area contributed by atoms with E-state index in [0.29, 0.717) is 29.2 Å². The number of aromatic nitrogens is 8. The van der Waals surface area contributed by atoms with Gasteiger partial charge in [-0.15, -0.1) is 5.10 Å². The number of aliphatic hydroxyl groups excluding tert-OH is 1. The van der Waals surface area contributed by atoms with Gasteiger partial charge < -0.3 is 14.7 Å². The topological polar surface area (TPSA) is 127 Å². The van der Waals surface area contributed by atoms with E-state index in [4.69, 9.17) is 11.6 Å². The second-order valence-corrected chi connectivity index (χ2v) is 10.2. The van der Waals surface area contributed by atoms with E-state index in [-0.39, 0.29) is 32.8 Å². The Balaban J connectivity index is 1.34. The van der Waals surface area contributed by atoms with Crippen molar-refractivity contribution in [2.45, 2.75) is 37.3 Å². The fourth-order valence-electron chi connectivity index (χ4n) is 5.58. The maximum Gasteiger partial charge on any atom is 0.252 e. The normalized spacial score (nSPS) is 17.1. The van der Waals surface area contributed by atoms with E-state index in [0.717, 1.165) is 18.5 Å². The van der Waals surface area contributed by atoms with Crippen LogP contribution in [0.3, 0.4) is 0 Å². The maximum atomic E-state index is 15.4. The van der Waals surface area contributed by atoms with Crippen molar-refractivity contribution in [2.24, 2.45) is 0 Å². The molecule has 0 radical (unpaired) electrons. The summed E-state index contributed by atoms with van der Waals surface area (Å²) in [6.45, 7) is -0.529. The van der Waals surface area contributed by atoms with Gasteiger partial charge in [-0.25, -0.2) is 13.8 Å². The average molecular weight is 549 g/mol. The average Bonchev–Trinajstić information content (AvgIpc) is 3.29. The second-order valence-electron chi connectivity index (χ2n) is 9.81. The van der Waals surface area contributed by atoms with E-state index >= 15 is 4.39 Å². The summed E-state index contributed by atoms with van der Waals surface area (Å²) in [5, 5.41) is 20.4. The number of hydrogen-bond donors (Lipinski definition) is 2. The lowest BCUT2D eigenvalue weighted by atomic mass is 9.95. The molecule has 1 saturated carbocycles. The predicted molar refractivity (Wildman–Crippen MR) is 135 cm³/mol. The Kier molecular flexibility index (Phi) is 5.26. The van der Waals surface area contributed by atoms with Gasteiger partial charge in [0.05, 0.1) is 35.2 Å². The van der Waals surface area contributed by atoms with E-state index in [1.165, 1.54) is 41.6 Å². The molecular formula is C26H19ClF2N8O2. The van der Waals surface area contributed by atoms with E-state index in [1.54, 1.807) is 10.6 Å². The van der Waals surface area contributed by atoms with Crippen LogP contribution < -0.4 is 5.56 Å². The number of aliphatic hydroxyl groups is 1. The molecule has 1 unspecified atom stereocenters. The van der Waals surface area contributed by atoms with Gasteiger partial charge >= 0.3 is 0 Å². The van der Waals surface area contributed by atoms with Crippen molar-refractivity contribution >= 4 is 11.6 Å². The number of tetrazole rings is 1. The summed E-state index contributed by atoms with van der Waals surface area (Å²) in [6, 6.07) is 7.30. The molecule has 1 aromatic carbocycles. The van der Waals surface area contributed by atoms with Gasteiger partial charge in [0.15, 0.2) is 11.6 Å². The zero-order valence-electron chi connectivity index (χ0n) is 20.1. The largest absolute Gasteiger partial charge is 0.390 e. The third-order valence-electron chi connectivity index (χ3n) is 7.63. The van der Waals surface area contributed by atoms with E-state index in [1.807, 2.05) is 6.07 Å². The molecule has 7 rings (SSSR count). The highest BCUT2D eigenvalue weighted by Crippen LogP contribution is 2.58. The smallest absolute Gasteiger partial charge is 0.252 e. The summed E-state index contributed by atoms with van der Waals surface area (Å²) in [5.74, 6) is -0.801. The van der Waals surface area contributed by atoms with Gasteiger partial charge in [-0.1, -0.05) is 11.6 Å². The summed E-state index contributed by atoms with van der Waals surface area (Å²) in [6.07, 6.45) is 6.63. The van der Waals surface area contributed by atoms with E-state index in [2.05, 4.69) is 30.5 Å². The number of benzene rings is 1. The molecular weight excluding hydrogens is 530 g/mol. The number of hydrogen-bond acceptors (Lipinski definition) is 7. The molecule has 13 heteroatoms. The molecule has 1 aliphatic carbocycles. The molecule has 1 atom stereocenters. The summed E-state index contributed by atoms with van der Waals surface area (Å²) < 4.78 is 33.2. The second kappa shape index (κ2) is 8.61. The van der Waals surface area contributed by atoms with Crippen molar-refractivity contribution in [3.63, 3.8) is 0 Å². The summed E-state index contributed by atoms with van der Waals surface area (Å²) >= 11 is 6.13. The molecule has 2 N–H and O–H groups in total. The Bertz CT molecular complexity index is 1810. The number of halogens is 3. The van der Waals surface area contributed by atoms with Crippen molar-refractivity contribution in [3.05, 3.63) is 93.3 Å². The van der Waals surface area contributed by atoms with Crippen LogP contribution in [0.4, 0.5) is 8.78 Å². The Morgan fingerprint density at radius 2 is 2.00 bits per heavy atom. The lowest BCUT2D eigenvalue weighted by Crippen LogP contribution is -2.24. The highest BCUT2D eigenvalue weighted by atomic mass is 35.5. The molecule has 5 aromatic rings. The van der Waals surface area contributed by atoms with Gasteiger partial charge in [0.1, 0.15) is 17.8 Å². The standard InChI is InChI=1S/C26H19ClF2N8O2/c27-15-1-2-18(36-12-32-34-35-36)22(24(15)29)13-7-20-26(4-5-26)9-19(37(20)21(39)8-13)25-31-10-16(33-25)14-3-6-30-17(11-38)23(14)28/h1-3,6-8,10,12,19,38H,4-5,9,11H2,(H,31,33). The maximum absolute atomic E-state index is 15.4. The van der Waals surface area contributed by atoms with Gasteiger partial charge in [-0.05, 0) is 59.5 Å². The zero-order valence-corrected chi connectivity index (χ0v) is 20.9. The molecule has 10 nitrogen and oxygen atoms in total. The third kappa shape index (κ3) is 3.62. The van der Waals surface area contributed by atoms with Crippen LogP contribution in [0, 0.1) is 11.6 Å². The van der Waals surface area contributed by atoms with Crippen LogP contribution in [0.2, 0.25) is 5.02 Å². The number of nitrogens with one attached hydrogen (secondary N) is 1. The van der Waals surface area contributed by atoms with E-state index < -0.39 is 24.3 Å². The number of imidazole rings is 1. The number of fused-ring (bicyclic) bond motifs is 2. The highest BCUT2D eigenvalue weighted by Gasteiger charge is 2.54. The van der Waals surface area contributed by atoms with Crippen LogP contribution in [0.15, 0.2) is 53.8 Å². The first-order chi connectivity index (χ1) is 18.9. The lowest BCUT2D eigenvalue weighted by Gasteiger charge is -2.16. The molecule has 39 heavy (non-hydrogen) atoms. The summed E-state index contributed by atoms with van der Waals surface area (Å²) in [4.78, 5) is 25.1. The van der Waals surface area contributed by atoms with E-state index in [9.17, 15) is 14.3 Å². The monoisotopic (exact) mass is 548 g/mol. The van der Waals surface area contributed by atoms with Crippen LogP contribution >= 0.6 is 11.6 Å². The van der Waals surface area contributed by atoms with Gasteiger partial charge in [0, 0.05) is 34.5 Å². The first-order valence-corrected chi connectivity index (χ1v) is 12.6. The minimum absolute atomic E-state index is 0.0650. The Morgan fingerprint density at radius 1 is 1.15 bits per heavy atom. The van der Waals surface area contributed by atoms with Crippen LogP contribution in [-0.4, -0.2) is 44.8 Å². The Morgan fingerprint density at radius 3 is 2.74 bits per heavy atom. The van der Waals surface area contributed by atoms with Gasteiger partial charge in [-0.3, -0.25) is 9.78 Å². The van der Waals surface area contributed by atoms with Crippen molar-refractivity contribution in [3.8, 4) is 28.1 Å². The quantitative estimate of drug-likeness (QED) is 0.342. The number of rotatable bonds is 5. The van der Waals surface area contributed by atoms with Gasteiger partial charge in [0.2, 0.25) is 0 Å². The molecule has 4 aromatic heterocycles. The number of aromatic amines is 1. The predicted octanol–water partition coefficient (Wildman–Crippen LogP) is 3.72. The Hall–Kier alpha value is -4.29. The van der Waals surface area contributed by atoms with Gasteiger partial charge in [0.25, 0.3) is 5.56 Å².